The number of hydrogen-bond donors (Lipinski definition) is 3. The van der Waals surface area contributed by atoms with Gasteiger partial charge in [-0.25, -0.2) is 9.36 Å². The molecule has 1 fully saturated rings. The first-order valence-electron chi connectivity index (χ1n) is 11.0. The summed E-state index contributed by atoms with van der Waals surface area (Å²) in [6.45, 7) is 20.2. The van der Waals surface area contributed by atoms with Gasteiger partial charge in [-0.1, -0.05) is 41.5 Å². The summed E-state index contributed by atoms with van der Waals surface area (Å²) in [5.41, 5.74) is -1.43. The number of aliphatic hydroxyl groups is 2. The second-order valence-electron chi connectivity index (χ2n) is 11.6. The Kier molecular flexibility index (Phi) is 7.30. The van der Waals surface area contributed by atoms with Crippen molar-refractivity contribution < 1.29 is 23.8 Å². The van der Waals surface area contributed by atoms with Crippen LogP contribution >= 0.6 is 0 Å². The Bertz CT molecular complexity index is 930. The SMILES string of the molecule is CC(C)(C)[Si](C)(C)O[C@@H]1[C@@H](CO)O[C@](O)(n2ccc(=O)[nH]c2=O)[C@H]1O[Si](C)(C)C(C)(C)C. The largest absolute Gasteiger partial charge is 0.408 e. The van der Waals surface area contributed by atoms with E-state index in [2.05, 4.69) is 59.6 Å². The van der Waals surface area contributed by atoms with Crippen LogP contribution in [0.3, 0.4) is 0 Å². The smallest absolute Gasteiger partial charge is 0.332 e. The first kappa shape index (κ1) is 27.2. The minimum atomic E-state index is -2.50. The molecule has 9 nitrogen and oxygen atoms in total. The fraction of sp³-hybridized carbons (Fsp3) is 0.810. The molecule has 184 valence electrons. The molecule has 1 aliphatic rings. The van der Waals surface area contributed by atoms with Crippen molar-refractivity contribution in [1.29, 1.82) is 0 Å². The fourth-order valence-electron chi connectivity index (χ4n) is 3.06. The zero-order chi connectivity index (χ0) is 24.9. The van der Waals surface area contributed by atoms with Gasteiger partial charge in [0, 0.05) is 12.3 Å². The van der Waals surface area contributed by atoms with Crippen LogP contribution in [-0.2, 0) is 19.5 Å². The molecule has 3 N–H and O–H groups in total. The van der Waals surface area contributed by atoms with E-state index in [4.69, 9.17) is 13.6 Å². The van der Waals surface area contributed by atoms with E-state index < -0.39 is 58.7 Å². The number of H-pyrrole nitrogens is 1. The molecular formula is C21H40N2O7Si2. The van der Waals surface area contributed by atoms with Crippen LogP contribution in [-0.4, -0.2) is 61.3 Å². The van der Waals surface area contributed by atoms with Crippen LogP contribution in [0, 0.1) is 0 Å². The Morgan fingerprint density at radius 2 is 1.56 bits per heavy atom. The molecule has 2 heterocycles. The van der Waals surface area contributed by atoms with Crippen LogP contribution in [0.4, 0.5) is 0 Å². The van der Waals surface area contributed by atoms with E-state index in [1.807, 2.05) is 13.1 Å². The molecule has 11 heteroatoms. The molecule has 2 rings (SSSR count). The van der Waals surface area contributed by atoms with Gasteiger partial charge in [0.05, 0.1) is 6.61 Å². The van der Waals surface area contributed by atoms with E-state index in [9.17, 15) is 19.8 Å². The maximum absolute atomic E-state index is 12.6. The highest BCUT2D eigenvalue weighted by Gasteiger charge is 2.61. The molecule has 0 amide bonds. The van der Waals surface area contributed by atoms with E-state index in [0.717, 1.165) is 10.6 Å². The van der Waals surface area contributed by atoms with E-state index >= 15 is 0 Å². The van der Waals surface area contributed by atoms with Crippen LogP contribution in [0.5, 0.6) is 0 Å². The molecule has 1 aromatic heterocycles. The molecule has 32 heavy (non-hydrogen) atoms. The summed E-state index contributed by atoms with van der Waals surface area (Å²) >= 11 is 0. The topological polar surface area (TPSA) is 123 Å². The number of hydrogen-bond acceptors (Lipinski definition) is 7. The zero-order valence-electron chi connectivity index (χ0n) is 21.0. The molecule has 1 aromatic rings. The quantitative estimate of drug-likeness (QED) is 0.525. The van der Waals surface area contributed by atoms with Crippen molar-refractivity contribution in [3.05, 3.63) is 33.1 Å². The molecule has 1 saturated heterocycles. The van der Waals surface area contributed by atoms with Gasteiger partial charge in [0.25, 0.3) is 11.5 Å². The highest BCUT2D eigenvalue weighted by Crippen LogP contribution is 2.46. The van der Waals surface area contributed by atoms with Gasteiger partial charge < -0.3 is 23.8 Å². The molecule has 0 aliphatic carbocycles. The second-order valence-corrected chi connectivity index (χ2v) is 21.1. The van der Waals surface area contributed by atoms with Crippen molar-refractivity contribution in [2.45, 2.75) is 102 Å². The normalized spacial score (nSPS) is 27.7. The van der Waals surface area contributed by atoms with Crippen LogP contribution in [0.25, 0.3) is 0 Å². The summed E-state index contributed by atoms with van der Waals surface area (Å²) in [7, 11) is -4.89. The van der Waals surface area contributed by atoms with Crippen molar-refractivity contribution in [3.8, 4) is 0 Å². The van der Waals surface area contributed by atoms with Crippen LogP contribution in [0.2, 0.25) is 36.3 Å². The van der Waals surface area contributed by atoms with Crippen molar-refractivity contribution in [1.82, 2.24) is 9.55 Å². The monoisotopic (exact) mass is 488 g/mol. The number of aliphatic hydroxyl groups excluding tert-OH is 1. The van der Waals surface area contributed by atoms with Crippen LogP contribution in [0.1, 0.15) is 41.5 Å². The van der Waals surface area contributed by atoms with Gasteiger partial charge in [0.2, 0.25) is 0 Å². The summed E-state index contributed by atoms with van der Waals surface area (Å²) in [5.74, 6) is -2.27. The Labute approximate surface area is 192 Å². The molecule has 0 unspecified atom stereocenters. The van der Waals surface area contributed by atoms with Crippen LogP contribution < -0.4 is 11.2 Å². The van der Waals surface area contributed by atoms with Gasteiger partial charge in [-0.05, 0) is 36.3 Å². The Hall–Kier alpha value is -1.09. The van der Waals surface area contributed by atoms with Gasteiger partial charge in [0.1, 0.15) is 18.3 Å². The lowest BCUT2D eigenvalue weighted by Gasteiger charge is -2.45. The number of ether oxygens (including phenoxy) is 1. The van der Waals surface area contributed by atoms with E-state index in [-0.39, 0.29) is 10.1 Å². The first-order chi connectivity index (χ1) is 14.3. The number of aromatic amines is 1. The third-order valence-electron chi connectivity index (χ3n) is 7.17. The highest BCUT2D eigenvalue weighted by molar-refractivity contribution is 6.74. The fourth-order valence-corrected chi connectivity index (χ4v) is 5.65. The Morgan fingerprint density at radius 1 is 1.06 bits per heavy atom. The molecule has 0 saturated carbocycles. The summed E-state index contributed by atoms with van der Waals surface area (Å²) in [4.78, 5) is 26.4. The standard InChI is InChI=1S/C21H40N2O7Si2/c1-19(2,3)31(7,8)29-16-14(13-24)28-21(27,23-12-11-15(25)22-18(23)26)17(16)30-32(9,10)20(4,5)6/h11-12,14,16-17,24,27H,13H2,1-10H3,(H,22,25,26)/t14-,16-,17+,21+/m1/s1. The van der Waals surface area contributed by atoms with E-state index in [1.54, 1.807) is 0 Å². The minimum absolute atomic E-state index is 0.149. The number of rotatable bonds is 6. The van der Waals surface area contributed by atoms with E-state index in [0.29, 0.717) is 0 Å². The Morgan fingerprint density at radius 3 is 2.00 bits per heavy atom. The Balaban J connectivity index is 2.67. The average molecular weight is 489 g/mol. The van der Waals surface area contributed by atoms with Crippen molar-refractivity contribution in [2.75, 3.05) is 6.61 Å². The highest BCUT2D eigenvalue weighted by atomic mass is 28.4. The van der Waals surface area contributed by atoms with Gasteiger partial charge in [-0.2, -0.15) is 0 Å². The summed E-state index contributed by atoms with van der Waals surface area (Å²) in [6, 6.07) is 1.13. The van der Waals surface area contributed by atoms with Crippen LogP contribution in [0.15, 0.2) is 21.9 Å². The third kappa shape index (κ3) is 5.03. The molecular weight excluding hydrogens is 448 g/mol. The van der Waals surface area contributed by atoms with Crippen molar-refractivity contribution in [2.24, 2.45) is 0 Å². The van der Waals surface area contributed by atoms with Crippen molar-refractivity contribution in [3.63, 3.8) is 0 Å². The molecule has 4 atom stereocenters. The number of aromatic nitrogens is 2. The maximum atomic E-state index is 12.6. The third-order valence-corrected chi connectivity index (χ3v) is 16.1. The molecule has 1 aliphatic heterocycles. The lowest BCUT2D eigenvalue weighted by molar-refractivity contribution is -0.288. The summed E-state index contributed by atoms with van der Waals surface area (Å²) < 4.78 is 20.0. The lowest BCUT2D eigenvalue weighted by atomic mass is 10.1. The van der Waals surface area contributed by atoms with E-state index in [1.165, 1.54) is 6.20 Å². The lowest BCUT2D eigenvalue weighted by Crippen LogP contribution is -2.59. The first-order valence-corrected chi connectivity index (χ1v) is 16.8. The van der Waals surface area contributed by atoms with Crippen molar-refractivity contribution >= 4 is 16.6 Å². The molecule has 0 radical (unpaired) electrons. The van der Waals surface area contributed by atoms with Gasteiger partial charge in [0.15, 0.2) is 16.6 Å². The second kappa shape index (κ2) is 8.60. The summed E-state index contributed by atoms with van der Waals surface area (Å²) in [6.07, 6.45) is -1.67. The van der Waals surface area contributed by atoms with Gasteiger partial charge in [-0.15, -0.1) is 0 Å². The number of nitrogens with one attached hydrogen (secondary N) is 1. The molecule has 0 bridgehead atoms. The minimum Gasteiger partial charge on any atom is -0.408 e. The summed E-state index contributed by atoms with van der Waals surface area (Å²) in [5, 5.41) is 21.5. The predicted molar refractivity (Wildman–Crippen MR) is 128 cm³/mol. The molecule has 0 spiro atoms. The zero-order valence-corrected chi connectivity index (χ0v) is 23.0. The maximum Gasteiger partial charge on any atom is 0.332 e. The van der Waals surface area contributed by atoms with Gasteiger partial charge >= 0.3 is 5.69 Å². The average Bonchev–Trinajstić information content (AvgIpc) is 2.85. The van der Waals surface area contributed by atoms with Gasteiger partial charge in [-0.3, -0.25) is 9.78 Å². The molecule has 0 aromatic carbocycles. The predicted octanol–water partition coefficient (Wildman–Crippen LogP) is 2.31. The number of nitrogens with zero attached hydrogens (tertiary/aromatic N) is 1.